The van der Waals surface area contributed by atoms with Crippen LogP contribution in [-0.2, 0) is 6.54 Å². The summed E-state index contributed by atoms with van der Waals surface area (Å²) >= 11 is 0. The molecule has 2 aromatic rings. The number of rotatable bonds is 7. The van der Waals surface area contributed by atoms with E-state index >= 15 is 0 Å². The van der Waals surface area contributed by atoms with Crippen molar-refractivity contribution in [3.05, 3.63) is 65.9 Å². The molecule has 0 saturated carbocycles. The SMILES string of the molecule is CC(C)Oc1ncccc1CNCC=Cc1ccccc1. The summed E-state index contributed by atoms with van der Waals surface area (Å²) in [6.45, 7) is 5.57. The van der Waals surface area contributed by atoms with Crippen LogP contribution < -0.4 is 10.1 Å². The summed E-state index contributed by atoms with van der Waals surface area (Å²) in [6.07, 6.45) is 6.13. The summed E-state index contributed by atoms with van der Waals surface area (Å²) in [5.41, 5.74) is 2.30. The Morgan fingerprint density at radius 3 is 2.71 bits per heavy atom. The number of aromatic nitrogens is 1. The van der Waals surface area contributed by atoms with Gasteiger partial charge in [0.05, 0.1) is 6.10 Å². The standard InChI is InChI=1S/C18H22N2O/c1-15(2)21-18-17(11-7-13-20-18)14-19-12-6-10-16-8-4-3-5-9-16/h3-11,13,15,19H,12,14H2,1-2H3. The molecule has 1 N–H and O–H groups in total. The first kappa shape index (κ1) is 15.3. The average Bonchev–Trinajstić information content (AvgIpc) is 2.49. The fraction of sp³-hybridized carbons (Fsp3) is 0.278. The molecule has 110 valence electrons. The zero-order chi connectivity index (χ0) is 14.9. The number of pyridine rings is 1. The van der Waals surface area contributed by atoms with Gasteiger partial charge >= 0.3 is 0 Å². The largest absolute Gasteiger partial charge is 0.475 e. The van der Waals surface area contributed by atoms with Gasteiger partial charge in [-0.15, -0.1) is 0 Å². The maximum atomic E-state index is 5.70. The maximum absolute atomic E-state index is 5.70. The van der Waals surface area contributed by atoms with E-state index in [0.717, 1.165) is 18.7 Å². The molecule has 0 spiro atoms. The van der Waals surface area contributed by atoms with Crippen LogP contribution in [0.5, 0.6) is 5.88 Å². The van der Waals surface area contributed by atoms with E-state index in [1.165, 1.54) is 5.56 Å². The second kappa shape index (κ2) is 8.22. The third-order valence-electron chi connectivity index (χ3n) is 2.88. The zero-order valence-corrected chi connectivity index (χ0v) is 12.6. The molecule has 0 unspecified atom stereocenters. The number of nitrogens with one attached hydrogen (secondary N) is 1. The van der Waals surface area contributed by atoms with Gasteiger partial charge < -0.3 is 10.1 Å². The molecular formula is C18H22N2O. The summed E-state index contributed by atoms with van der Waals surface area (Å²) in [5, 5.41) is 3.38. The third kappa shape index (κ3) is 5.40. The summed E-state index contributed by atoms with van der Waals surface area (Å²) < 4.78 is 5.70. The third-order valence-corrected chi connectivity index (χ3v) is 2.88. The Kier molecular flexibility index (Phi) is 5.98. The number of hydrogen-bond acceptors (Lipinski definition) is 3. The minimum absolute atomic E-state index is 0.136. The van der Waals surface area contributed by atoms with Crippen LogP contribution in [0.2, 0.25) is 0 Å². The Hall–Kier alpha value is -2.13. The van der Waals surface area contributed by atoms with Crippen LogP contribution in [-0.4, -0.2) is 17.6 Å². The number of hydrogen-bond donors (Lipinski definition) is 1. The van der Waals surface area contributed by atoms with E-state index in [2.05, 4.69) is 34.6 Å². The predicted octanol–water partition coefficient (Wildman–Crippen LogP) is 3.67. The van der Waals surface area contributed by atoms with Crippen molar-refractivity contribution in [2.24, 2.45) is 0 Å². The van der Waals surface area contributed by atoms with Crippen LogP contribution in [0.1, 0.15) is 25.0 Å². The number of ether oxygens (including phenoxy) is 1. The van der Waals surface area contributed by atoms with Crippen molar-refractivity contribution in [3.63, 3.8) is 0 Å². The topological polar surface area (TPSA) is 34.1 Å². The molecule has 0 saturated heterocycles. The van der Waals surface area contributed by atoms with E-state index in [1.807, 2.05) is 44.2 Å². The van der Waals surface area contributed by atoms with Crippen molar-refractivity contribution >= 4 is 6.08 Å². The fourth-order valence-electron chi connectivity index (χ4n) is 1.94. The van der Waals surface area contributed by atoms with Crippen molar-refractivity contribution in [2.45, 2.75) is 26.5 Å². The van der Waals surface area contributed by atoms with Gasteiger partial charge in [-0.05, 0) is 25.5 Å². The van der Waals surface area contributed by atoms with Gasteiger partial charge in [0, 0.05) is 24.8 Å². The Bertz CT molecular complexity index is 564. The molecule has 0 fully saturated rings. The van der Waals surface area contributed by atoms with Crippen molar-refractivity contribution in [2.75, 3.05) is 6.54 Å². The lowest BCUT2D eigenvalue weighted by Gasteiger charge is -2.12. The molecule has 0 radical (unpaired) electrons. The lowest BCUT2D eigenvalue weighted by atomic mass is 10.2. The quantitative estimate of drug-likeness (QED) is 0.787. The van der Waals surface area contributed by atoms with E-state index < -0.39 is 0 Å². The molecule has 21 heavy (non-hydrogen) atoms. The molecule has 0 aliphatic carbocycles. The van der Waals surface area contributed by atoms with Gasteiger partial charge in [-0.25, -0.2) is 4.98 Å². The van der Waals surface area contributed by atoms with E-state index in [1.54, 1.807) is 6.20 Å². The van der Waals surface area contributed by atoms with E-state index in [4.69, 9.17) is 4.74 Å². The average molecular weight is 282 g/mol. The maximum Gasteiger partial charge on any atom is 0.218 e. The summed E-state index contributed by atoms with van der Waals surface area (Å²) in [7, 11) is 0. The number of benzene rings is 1. The van der Waals surface area contributed by atoms with Crippen molar-refractivity contribution in [1.29, 1.82) is 0 Å². The fourth-order valence-corrected chi connectivity index (χ4v) is 1.94. The highest BCUT2D eigenvalue weighted by molar-refractivity contribution is 5.48. The molecular weight excluding hydrogens is 260 g/mol. The minimum atomic E-state index is 0.136. The van der Waals surface area contributed by atoms with Crippen LogP contribution in [0.15, 0.2) is 54.7 Å². The summed E-state index contributed by atoms with van der Waals surface area (Å²) in [5.74, 6) is 0.715. The Morgan fingerprint density at radius 1 is 1.14 bits per heavy atom. The molecule has 1 heterocycles. The van der Waals surface area contributed by atoms with Gasteiger partial charge in [-0.3, -0.25) is 0 Å². The molecule has 2 rings (SSSR count). The van der Waals surface area contributed by atoms with Gasteiger partial charge in [0.2, 0.25) is 5.88 Å². The Morgan fingerprint density at radius 2 is 1.95 bits per heavy atom. The van der Waals surface area contributed by atoms with Gasteiger partial charge in [0.1, 0.15) is 0 Å². The van der Waals surface area contributed by atoms with Crippen LogP contribution in [0.3, 0.4) is 0 Å². The first-order valence-electron chi connectivity index (χ1n) is 7.28. The molecule has 3 heteroatoms. The monoisotopic (exact) mass is 282 g/mol. The van der Waals surface area contributed by atoms with E-state index in [9.17, 15) is 0 Å². The minimum Gasteiger partial charge on any atom is -0.475 e. The Labute approximate surface area is 126 Å². The molecule has 3 nitrogen and oxygen atoms in total. The summed E-state index contributed by atoms with van der Waals surface area (Å²) in [4.78, 5) is 4.29. The van der Waals surface area contributed by atoms with Crippen LogP contribution in [0.25, 0.3) is 6.08 Å². The lowest BCUT2D eigenvalue weighted by molar-refractivity contribution is 0.229. The van der Waals surface area contributed by atoms with Crippen molar-refractivity contribution < 1.29 is 4.74 Å². The van der Waals surface area contributed by atoms with Crippen LogP contribution >= 0.6 is 0 Å². The molecule has 1 aromatic heterocycles. The highest BCUT2D eigenvalue weighted by atomic mass is 16.5. The summed E-state index contributed by atoms with van der Waals surface area (Å²) in [6, 6.07) is 14.3. The Balaban J connectivity index is 1.82. The highest BCUT2D eigenvalue weighted by Gasteiger charge is 2.05. The highest BCUT2D eigenvalue weighted by Crippen LogP contribution is 2.15. The molecule has 0 amide bonds. The van der Waals surface area contributed by atoms with Gasteiger partial charge in [-0.2, -0.15) is 0 Å². The predicted molar refractivity (Wildman–Crippen MR) is 87.2 cm³/mol. The number of nitrogens with zero attached hydrogens (tertiary/aromatic N) is 1. The lowest BCUT2D eigenvalue weighted by Crippen LogP contribution is -2.16. The first-order chi connectivity index (χ1) is 10.3. The van der Waals surface area contributed by atoms with Crippen LogP contribution in [0, 0.1) is 0 Å². The van der Waals surface area contributed by atoms with Gasteiger partial charge in [0.25, 0.3) is 0 Å². The molecule has 0 aliphatic rings. The second-order valence-corrected chi connectivity index (χ2v) is 5.08. The van der Waals surface area contributed by atoms with Gasteiger partial charge in [0.15, 0.2) is 0 Å². The van der Waals surface area contributed by atoms with E-state index in [0.29, 0.717) is 5.88 Å². The van der Waals surface area contributed by atoms with Crippen LogP contribution in [0.4, 0.5) is 0 Å². The molecule has 0 aliphatic heterocycles. The first-order valence-corrected chi connectivity index (χ1v) is 7.28. The van der Waals surface area contributed by atoms with Crippen molar-refractivity contribution in [1.82, 2.24) is 10.3 Å². The molecule has 0 bridgehead atoms. The zero-order valence-electron chi connectivity index (χ0n) is 12.6. The van der Waals surface area contributed by atoms with Crippen molar-refractivity contribution in [3.8, 4) is 5.88 Å². The second-order valence-electron chi connectivity index (χ2n) is 5.08. The van der Waals surface area contributed by atoms with Gasteiger partial charge in [-0.1, -0.05) is 48.6 Å². The van der Waals surface area contributed by atoms with E-state index in [-0.39, 0.29) is 6.10 Å². The normalized spacial score (nSPS) is 11.2. The molecule has 1 aromatic carbocycles. The smallest absolute Gasteiger partial charge is 0.218 e. The molecule has 0 atom stereocenters.